The summed E-state index contributed by atoms with van der Waals surface area (Å²) >= 11 is 0. The van der Waals surface area contributed by atoms with Crippen LogP contribution in [0.3, 0.4) is 0 Å². The summed E-state index contributed by atoms with van der Waals surface area (Å²) in [7, 11) is 0.777. The molecule has 45 heavy (non-hydrogen) atoms. The third kappa shape index (κ3) is 5.70. The maximum Gasteiger partial charge on any atom is 0.121 e. The fraction of sp³-hybridized carbons (Fsp3) is 0.0465. The maximum absolute atomic E-state index is 2.41. The molecule has 0 aromatic heterocycles. The number of hydrogen-bond donors (Lipinski definition) is 0. The first-order chi connectivity index (χ1) is 21.8. The smallest absolute Gasteiger partial charge is 0.121 e. The van der Waals surface area contributed by atoms with Crippen LogP contribution in [0.5, 0.6) is 0 Å². The van der Waals surface area contributed by atoms with Gasteiger partial charge in [-0.15, -0.1) is 33.7 Å². The van der Waals surface area contributed by atoms with E-state index in [1.807, 2.05) is 0 Å². The summed E-state index contributed by atoms with van der Waals surface area (Å²) in [4.78, 5) is 0. The molecule has 2 heteroatoms. The van der Waals surface area contributed by atoms with E-state index in [1.165, 1.54) is 65.3 Å². The zero-order valence-electron chi connectivity index (χ0n) is 24.9. The van der Waals surface area contributed by atoms with Crippen molar-refractivity contribution in [1.29, 1.82) is 0 Å². The normalized spacial score (nSPS) is 15.7. The predicted octanol–water partition coefficient (Wildman–Crippen LogP) is 9.37. The van der Waals surface area contributed by atoms with E-state index in [2.05, 4.69) is 176 Å². The van der Waals surface area contributed by atoms with Crippen LogP contribution >= 0.6 is 0 Å². The van der Waals surface area contributed by atoms with Crippen LogP contribution in [0.25, 0.3) is 33.7 Å². The molecule has 0 bridgehead atoms. The molecule has 0 spiro atoms. The largest absolute Gasteiger partial charge is 0.126 e. The van der Waals surface area contributed by atoms with Gasteiger partial charge >= 0.3 is 0 Å². The van der Waals surface area contributed by atoms with Crippen molar-refractivity contribution < 1.29 is 26.2 Å². The molecule has 2 atom stereocenters. The number of allylic oxidation sites excluding steroid dienone is 2. The average molecular weight is 667 g/mol. The Balaban J connectivity index is 0.000000196. The fourth-order valence-corrected chi connectivity index (χ4v) is 7.97. The Morgan fingerprint density at radius 2 is 0.978 bits per heavy atom. The summed E-state index contributed by atoms with van der Waals surface area (Å²) < 4.78 is 0. The van der Waals surface area contributed by atoms with Crippen molar-refractivity contribution in [3.05, 3.63) is 197 Å². The Morgan fingerprint density at radius 3 is 1.64 bits per heavy atom. The van der Waals surface area contributed by atoms with Crippen molar-refractivity contribution in [1.82, 2.24) is 0 Å². The molecule has 0 saturated heterocycles. The first-order valence-electron chi connectivity index (χ1n) is 15.4. The van der Waals surface area contributed by atoms with Crippen molar-refractivity contribution in [3.63, 3.8) is 0 Å². The van der Waals surface area contributed by atoms with Crippen molar-refractivity contribution >= 4 is 53.6 Å². The molecule has 2 aliphatic rings. The summed E-state index contributed by atoms with van der Waals surface area (Å²) in [6.45, 7) is 0. The Bertz CT molecular complexity index is 2120. The molecule has 7 aromatic carbocycles. The Hall–Kier alpha value is -4.23. The summed E-state index contributed by atoms with van der Waals surface area (Å²) in [5.74, 6) is 0.586. The van der Waals surface area contributed by atoms with Crippen LogP contribution < -0.4 is 10.4 Å². The second-order valence-electron chi connectivity index (χ2n) is 11.5. The number of hydrogen-bond acceptors (Lipinski definition) is 0. The maximum atomic E-state index is 2.41. The minimum atomic E-state index is 0. The molecule has 212 valence electrons. The quantitative estimate of drug-likeness (QED) is 0.130. The zero-order chi connectivity index (χ0) is 29.3. The van der Waals surface area contributed by atoms with E-state index in [0.717, 1.165) is 9.52 Å². The molecule has 0 nitrogen and oxygen atoms in total. The number of rotatable bonds is 4. The summed E-state index contributed by atoms with van der Waals surface area (Å²) in [5, 5.41) is 8.23. The third-order valence-electron chi connectivity index (χ3n) is 8.95. The minimum Gasteiger partial charge on any atom is -0.126 e. The summed E-state index contributed by atoms with van der Waals surface area (Å²) in [6, 6.07) is 54.7. The van der Waals surface area contributed by atoms with Crippen molar-refractivity contribution in [2.24, 2.45) is 0 Å². The van der Waals surface area contributed by atoms with Gasteiger partial charge in [0.25, 0.3) is 0 Å². The van der Waals surface area contributed by atoms with Gasteiger partial charge in [0.2, 0.25) is 0 Å². The average Bonchev–Trinajstić information content (AvgIpc) is 3.81. The van der Waals surface area contributed by atoms with Crippen LogP contribution in [0, 0.1) is 0 Å². The second-order valence-corrected chi connectivity index (χ2v) is 13.0. The van der Waals surface area contributed by atoms with Crippen LogP contribution in [-0.4, -0.2) is 9.52 Å². The molecule has 2 unspecified atom stereocenters. The minimum absolute atomic E-state index is 0. The SMILES string of the molecule is C1=CC(c2ccc3c([cH-]c4ccccc43)c2C2C=Cc3ccccc32)c2ccccc21.[Zr].c1ccc([Si]c2ccccc2)cc1. The predicted molar refractivity (Wildman–Crippen MR) is 190 cm³/mol. The van der Waals surface area contributed by atoms with E-state index >= 15 is 0 Å². The van der Waals surface area contributed by atoms with E-state index in [1.54, 1.807) is 0 Å². The molecule has 0 aliphatic heterocycles. The summed E-state index contributed by atoms with van der Waals surface area (Å²) in [5.41, 5.74) is 8.39. The molecule has 0 amide bonds. The van der Waals surface area contributed by atoms with Gasteiger partial charge in [0.15, 0.2) is 0 Å². The Kier molecular flexibility index (Phi) is 8.53. The van der Waals surface area contributed by atoms with Crippen molar-refractivity contribution in [2.75, 3.05) is 0 Å². The first kappa shape index (κ1) is 29.5. The zero-order valence-corrected chi connectivity index (χ0v) is 28.4. The van der Waals surface area contributed by atoms with E-state index in [9.17, 15) is 0 Å². The summed E-state index contributed by atoms with van der Waals surface area (Å²) in [6.07, 6.45) is 9.35. The topological polar surface area (TPSA) is 0 Å². The fourth-order valence-electron chi connectivity index (χ4n) is 6.92. The van der Waals surface area contributed by atoms with Gasteiger partial charge < -0.3 is 0 Å². The van der Waals surface area contributed by atoms with Crippen LogP contribution in [0.4, 0.5) is 0 Å². The second kappa shape index (κ2) is 13.0. The van der Waals surface area contributed by atoms with Gasteiger partial charge in [-0.25, -0.2) is 0 Å². The number of benzene rings is 6. The molecule has 0 fully saturated rings. The van der Waals surface area contributed by atoms with Gasteiger partial charge in [-0.3, -0.25) is 0 Å². The van der Waals surface area contributed by atoms with Crippen LogP contribution in [0.15, 0.2) is 164 Å². The Labute approximate surface area is 287 Å². The van der Waals surface area contributed by atoms with E-state index in [0.29, 0.717) is 5.92 Å². The van der Waals surface area contributed by atoms with E-state index < -0.39 is 0 Å². The first-order valence-corrected chi connectivity index (χ1v) is 16.4. The van der Waals surface area contributed by atoms with Crippen LogP contribution in [0.2, 0.25) is 0 Å². The van der Waals surface area contributed by atoms with E-state index in [-0.39, 0.29) is 32.1 Å². The molecular weight excluding hydrogens is 636 g/mol. The van der Waals surface area contributed by atoms with Gasteiger partial charge in [-0.2, -0.15) is 0 Å². The number of fused-ring (bicyclic) bond motifs is 5. The monoisotopic (exact) mass is 665 g/mol. The molecular formula is C43H31SiZr-. The molecule has 2 aliphatic carbocycles. The van der Waals surface area contributed by atoms with Crippen LogP contribution in [-0.2, 0) is 26.2 Å². The van der Waals surface area contributed by atoms with Gasteiger partial charge in [-0.1, -0.05) is 185 Å². The molecule has 0 heterocycles. The van der Waals surface area contributed by atoms with Gasteiger partial charge in [0, 0.05) is 38.0 Å². The standard InChI is InChI=1S/C31H21.C12H10Si.Zr/c1-4-10-23-20(7-1)13-15-26(23)29-18-17-27-25-12-6-3-9-22(25)19-30(27)31(29)28-16-14-21-8-2-5-11-24(21)28;1-3-7-11(8-4-1)13-12-9-5-2-6-10-12;/h1-19,26,28H;1-10H;/q-1;;. The molecule has 0 saturated carbocycles. The van der Waals surface area contributed by atoms with Crippen molar-refractivity contribution in [3.8, 4) is 0 Å². The van der Waals surface area contributed by atoms with Gasteiger partial charge in [0.05, 0.1) is 0 Å². The van der Waals surface area contributed by atoms with Crippen molar-refractivity contribution in [2.45, 2.75) is 11.8 Å². The molecule has 2 radical (unpaired) electrons. The molecule has 0 N–H and O–H groups in total. The third-order valence-corrected chi connectivity index (χ3v) is 10.2. The molecule has 7 aromatic rings. The molecule has 9 rings (SSSR count). The van der Waals surface area contributed by atoms with Crippen LogP contribution in [0.1, 0.15) is 45.2 Å². The van der Waals surface area contributed by atoms with Gasteiger partial charge in [0.1, 0.15) is 9.52 Å². The van der Waals surface area contributed by atoms with E-state index in [4.69, 9.17) is 0 Å². The Morgan fingerprint density at radius 1 is 0.444 bits per heavy atom. The van der Waals surface area contributed by atoms with Gasteiger partial charge in [-0.05, 0) is 22.3 Å².